The molecule has 2 aromatic carbocycles. The van der Waals surface area contributed by atoms with Gasteiger partial charge in [0, 0.05) is 29.0 Å². The summed E-state index contributed by atoms with van der Waals surface area (Å²) in [5.74, 6) is -0.197. The molecule has 0 spiro atoms. The summed E-state index contributed by atoms with van der Waals surface area (Å²) >= 11 is 1.71. The van der Waals surface area contributed by atoms with E-state index in [1.165, 1.54) is 9.18 Å². The lowest BCUT2D eigenvalue weighted by Crippen LogP contribution is -2.49. The Balaban J connectivity index is 1.52. The Morgan fingerprint density at radius 1 is 1.11 bits per heavy atom. The summed E-state index contributed by atoms with van der Waals surface area (Å²) < 4.78 is 29.3. The van der Waals surface area contributed by atoms with E-state index < -0.39 is 10.0 Å². The number of fused-ring (bicyclic) bond motifs is 2. The number of thiophene rings is 1. The number of pyridine rings is 1. The van der Waals surface area contributed by atoms with Gasteiger partial charge in [-0.15, -0.1) is 11.3 Å². The Bertz CT molecular complexity index is 1480. The van der Waals surface area contributed by atoms with E-state index in [9.17, 15) is 13.2 Å². The molecule has 3 heterocycles. The van der Waals surface area contributed by atoms with Gasteiger partial charge >= 0.3 is 0 Å². The van der Waals surface area contributed by atoms with Crippen molar-refractivity contribution in [2.75, 3.05) is 13.1 Å². The van der Waals surface area contributed by atoms with E-state index >= 15 is 0 Å². The molecule has 1 aliphatic heterocycles. The van der Waals surface area contributed by atoms with Crippen molar-refractivity contribution in [1.82, 2.24) is 14.2 Å². The smallest absolute Gasteiger partial charge is 0.245 e. The van der Waals surface area contributed by atoms with Crippen LogP contribution in [-0.2, 0) is 21.2 Å². The topological polar surface area (TPSA) is 70.6 Å². The lowest BCUT2D eigenvalue weighted by Gasteiger charge is -2.38. The normalized spacial score (nSPS) is 16.8. The van der Waals surface area contributed by atoms with Crippen LogP contribution in [0.5, 0.6) is 0 Å². The molecule has 0 radical (unpaired) electrons. The SMILES string of the molecule is CCC(C)N(CC(=O)N1CCc2sccc2C1c1ccccc1)S(=O)(=O)c1cccc2cccnc12. The second-order valence-electron chi connectivity index (χ2n) is 9.09. The molecule has 0 saturated carbocycles. The Morgan fingerprint density at radius 3 is 2.67 bits per heavy atom. The van der Waals surface area contributed by atoms with Crippen LogP contribution in [0.1, 0.15) is 42.3 Å². The zero-order chi connectivity index (χ0) is 25.3. The van der Waals surface area contributed by atoms with Crippen molar-refractivity contribution >= 4 is 38.2 Å². The first-order valence-electron chi connectivity index (χ1n) is 12.2. The van der Waals surface area contributed by atoms with Crippen molar-refractivity contribution < 1.29 is 13.2 Å². The van der Waals surface area contributed by atoms with Gasteiger partial charge in [-0.2, -0.15) is 4.31 Å². The molecular weight excluding hydrogens is 490 g/mol. The van der Waals surface area contributed by atoms with Gasteiger partial charge in [0.25, 0.3) is 0 Å². The molecule has 36 heavy (non-hydrogen) atoms. The van der Waals surface area contributed by atoms with E-state index in [4.69, 9.17) is 0 Å². The van der Waals surface area contributed by atoms with Gasteiger partial charge in [-0.05, 0) is 54.5 Å². The number of hydrogen-bond acceptors (Lipinski definition) is 5. The number of aromatic nitrogens is 1. The van der Waals surface area contributed by atoms with Crippen molar-refractivity contribution in [3.63, 3.8) is 0 Å². The Labute approximate surface area is 216 Å². The maximum Gasteiger partial charge on any atom is 0.245 e. The zero-order valence-corrected chi connectivity index (χ0v) is 22.0. The van der Waals surface area contributed by atoms with Gasteiger partial charge in [0.15, 0.2) is 0 Å². The third-order valence-corrected chi connectivity index (χ3v) is 9.95. The van der Waals surface area contributed by atoms with Crippen molar-refractivity contribution in [2.24, 2.45) is 0 Å². The summed E-state index contributed by atoms with van der Waals surface area (Å²) in [6.07, 6.45) is 2.95. The molecule has 0 N–H and O–H groups in total. The zero-order valence-electron chi connectivity index (χ0n) is 20.4. The molecule has 2 unspecified atom stereocenters. The second-order valence-corrected chi connectivity index (χ2v) is 11.9. The summed E-state index contributed by atoms with van der Waals surface area (Å²) in [4.78, 5) is 21.5. The molecule has 5 rings (SSSR count). The van der Waals surface area contributed by atoms with Crippen LogP contribution >= 0.6 is 11.3 Å². The number of nitrogens with zero attached hydrogens (tertiary/aromatic N) is 3. The molecule has 2 atom stereocenters. The van der Waals surface area contributed by atoms with E-state index in [1.54, 1.807) is 35.7 Å². The highest BCUT2D eigenvalue weighted by atomic mass is 32.2. The molecule has 0 fully saturated rings. The maximum absolute atomic E-state index is 14.0. The largest absolute Gasteiger partial charge is 0.330 e. The Morgan fingerprint density at radius 2 is 1.89 bits per heavy atom. The lowest BCUT2D eigenvalue weighted by atomic mass is 9.93. The van der Waals surface area contributed by atoms with E-state index in [-0.39, 0.29) is 29.4 Å². The standard InChI is InChI=1S/C28H29N3O3S2/c1-3-20(2)31(36(33,34)25-13-7-11-21-12-8-16-29-27(21)25)19-26(32)30-17-14-24-23(15-18-35-24)28(30)22-9-5-4-6-10-22/h4-13,15-16,18,20,28H,3,14,17,19H2,1-2H3. The van der Waals surface area contributed by atoms with Crippen molar-refractivity contribution in [1.29, 1.82) is 0 Å². The predicted molar refractivity (Wildman–Crippen MR) is 143 cm³/mol. The number of para-hydroxylation sites is 1. The monoisotopic (exact) mass is 519 g/mol. The number of rotatable bonds is 7. The summed E-state index contributed by atoms with van der Waals surface area (Å²) in [6, 6.07) is 20.3. The molecule has 6 nitrogen and oxygen atoms in total. The minimum atomic E-state index is -3.98. The summed E-state index contributed by atoms with van der Waals surface area (Å²) in [5.41, 5.74) is 2.58. The number of carbonyl (C=O) groups is 1. The van der Waals surface area contributed by atoms with Crippen molar-refractivity contribution in [2.45, 2.75) is 43.7 Å². The van der Waals surface area contributed by atoms with Crippen molar-refractivity contribution in [3.8, 4) is 0 Å². The summed E-state index contributed by atoms with van der Waals surface area (Å²) in [7, 11) is -3.98. The van der Waals surface area contributed by atoms with Crippen LogP contribution in [0.3, 0.4) is 0 Å². The molecule has 0 saturated heterocycles. The molecule has 1 aliphatic rings. The number of benzene rings is 2. The lowest BCUT2D eigenvalue weighted by molar-refractivity contribution is -0.133. The highest BCUT2D eigenvalue weighted by molar-refractivity contribution is 7.89. The van der Waals surface area contributed by atoms with Gasteiger partial charge in [0.2, 0.25) is 15.9 Å². The van der Waals surface area contributed by atoms with E-state index in [0.29, 0.717) is 18.5 Å². The van der Waals surface area contributed by atoms with Crippen LogP contribution in [-0.4, -0.2) is 47.6 Å². The van der Waals surface area contributed by atoms with Gasteiger partial charge < -0.3 is 4.90 Å². The molecular formula is C28H29N3O3S2. The number of sulfonamides is 1. The van der Waals surface area contributed by atoms with Crippen LogP contribution in [0.4, 0.5) is 0 Å². The molecule has 2 aromatic heterocycles. The van der Waals surface area contributed by atoms with Crippen LogP contribution in [0.25, 0.3) is 10.9 Å². The third-order valence-electron chi connectivity index (χ3n) is 6.96. The highest BCUT2D eigenvalue weighted by Crippen LogP contribution is 2.38. The first-order chi connectivity index (χ1) is 17.4. The number of amides is 1. The fourth-order valence-electron chi connectivity index (χ4n) is 4.90. The first kappa shape index (κ1) is 24.6. The highest BCUT2D eigenvalue weighted by Gasteiger charge is 2.37. The maximum atomic E-state index is 14.0. The minimum absolute atomic E-state index is 0.132. The van der Waals surface area contributed by atoms with Gasteiger partial charge in [-0.25, -0.2) is 8.42 Å². The molecule has 8 heteroatoms. The Hall–Kier alpha value is -3.07. The van der Waals surface area contributed by atoms with E-state index in [1.807, 2.05) is 61.2 Å². The Kier molecular flexibility index (Phi) is 6.92. The molecule has 0 bridgehead atoms. The van der Waals surface area contributed by atoms with Gasteiger partial charge in [0.1, 0.15) is 4.90 Å². The average Bonchev–Trinajstić information content (AvgIpc) is 3.39. The third kappa shape index (κ3) is 4.45. The van der Waals surface area contributed by atoms with Crippen LogP contribution in [0.15, 0.2) is 83.2 Å². The molecule has 186 valence electrons. The van der Waals surface area contributed by atoms with Gasteiger partial charge in [-0.3, -0.25) is 9.78 Å². The van der Waals surface area contributed by atoms with E-state index in [0.717, 1.165) is 22.9 Å². The number of hydrogen-bond donors (Lipinski definition) is 0. The summed E-state index contributed by atoms with van der Waals surface area (Å²) in [6.45, 7) is 4.12. The fourth-order valence-corrected chi connectivity index (χ4v) is 7.62. The van der Waals surface area contributed by atoms with E-state index in [2.05, 4.69) is 16.4 Å². The van der Waals surface area contributed by atoms with Crippen LogP contribution < -0.4 is 0 Å². The van der Waals surface area contributed by atoms with Gasteiger partial charge in [-0.1, -0.05) is 55.5 Å². The van der Waals surface area contributed by atoms with Crippen LogP contribution in [0, 0.1) is 0 Å². The molecule has 1 amide bonds. The van der Waals surface area contributed by atoms with Crippen LogP contribution in [0.2, 0.25) is 0 Å². The predicted octanol–water partition coefficient (Wildman–Crippen LogP) is 5.26. The number of carbonyl (C=O) groups excluding carboxylic acids is 1. The minimum Gasteiger partial charge on any atom is -0.330 e. The fraction of sp³-hybridized carbons (Fsp3) is 0.286. The summed E-state index contributed by atoms with van der Waals surface area (Å²) in [5, 5.41) is 2.82. The quantitative estimate of drug-likeness (QED) is 0.334. The molecule has 0 aliphatic carbocycles. The second kappa shape index (κ2) is 10.1. The first-order valence-corrected chi connectivity index (χ1v) is 14.5. The average molecular weight is 520 g/mol. The van der Waals surface area contributed by atoms with Crippen molar-refractivity contribution in [3.05, 3.63) is 94.3 Å². The van der Waals surface area contributed by atoms with Gasteiger partial charge in [0.05, 0.1) is 18.1 Å². The molecule has 4 aromatic rings.